The van der Waals surface area contributed by atoms with Crippen molar-refractivity contribution in [2.24, 2.45) is 5.10 Å². The van der Waals surface area contributed by atoms with Crippen LogP contribution in [0.5, 0.6) is 11.5 Å². The van der Waals surface area contributed by atoms with Gasteiger partial charge in [-0.3, -0.25) is 14.4 Å². The van der Waals surface area contributed by atoms with Crippen molar-refractivity contribution in [2.45, 2.75) is 6.92 Å². The summed E-state index contributed by atoms with van der Waals surface area (Å²) in [4.78, 5) is 36.4. The Morgan fingerprint density at radius 3 is 2.44 bits per heavy atom. The Hall–Kier alpha value is -4.08. The van der Waals surface area contributed by atoms with Gasteiger partial charge in [-0.15, -0.1) is 0 Å². The van der Waals surface area contributed by atoms with Crippen LogP contribution in [-0.2, 0) is 14.4 Å². The van der Waals surface area contributed by atoms with Crippen LogP contribution in [0, 0.1) is 0 Å². The predicted molar refractivity (Wildman–Crippen MR) is 139 cm³/mol. The fourth-order valence-electron chi connectivity index (χ4n) is 2.87. The van der Waals surface area contributed by atoms with Crippen LogP contribution in [0.2, 0.25) is 10.0 Å². The number of carbonyl (C=O) groups is 3. The number of amides is 3. The van der Waals surface area contributed by atoms with Crippen molar-refractivity contribution in [3.63, 3.8) is 0 Å². The van der Waals surface area contributed by atoms with Crippen LogP contribution in [0.1, 0.15) is 12.5 Å². The molecule has 36 heavy (non-hydrogen) atoms. The Labute approximate surface area is 217 Å². The first-order valence-corrected chi connectivity index (χ1v) is 11.5. The molecule has 0 unspecified atom stereocenters. The molecule has 0 aliphatic heterocycles. The first-order valence-electron chi connectivity index (χ1n) is 10.7. The molecule has 0 heterocycles. The largest absolute Gasteiger partial charge is 0.492 e. The van der Waals surface area contributed by atoms with Crippen molar-refractivity contribution in [3.05, 3.63) is 82.3 Å². The summed E-state index contributed by atoms with van der Waals surface area (Å²) in [7, 11) is 0. The summed E-state index contributed by atoms with van der Waals surface area (Å²) in [6, 6.07) is 18.3. The van der Waals surface area contributed by atoms with Crippen LogP contribution >= 0.6 is 23.2 Å². The van der Waals surface area contributed by atoms with Crippen LogP contribution in [0.25, 0.3) is 0 Å². The summed E-state index contributed by atoms with van der Waals surface area (Å²) in [6.07, 6.45) is 1.33. The van der Waals surface area contributed by atoms with E-state index in [4.69, 9.17) is 32.7 Å². The number of rotatable bonds is 9. The van der Waals surface area contributed by atoms with Crippen molar-refractivity contribution in [1.29, 1.82) is 0 Å². The number of nitrogens with one attached hydrogen (secondary N) is 3. The number of para-hydroxylation sites is 2. The number of nitrogens with zero attached hydrogens (tertiary/aromatic N) is 1. The Kier molecular flexibility index (Phi) is 9.67. The second-order valence-corrected chi connectivity index (χ2v) is 7.88. The number of anilines is 2. The van der Waals surface area contributed by atoms with E-state index in [1.54, 1.807) is 66.7 Å². The maximum absolute atomic E-state index is 12.2. The molecule has 0 saturated heterocycles. The molecule has 186 valence electrons. The minimum absolute atomic E-state index is 0.236. The van der Waals surface area contributed by atoms with E-state index in [2.05, 4.69) is 21.2 Å². The average Bonchev–Trinajstić information content (AvgIpc) is 2.87. The Morgan fingerprint density at radius 1 is 0.889 bits per heavy atom. The average molecular weight is 529 g/mol. The highest BCUT2D eigenvalue weighted by molar-refractivity contribution is 6.44. The van der Waals surface area contributed by atoms with Crippen molar-refractivity contribution in [3.8, 4) is 11.5 Å². The van der Waals surface area contributed by atoms with E-state index in [0.29, 0.717) is 40.1 Å². The quantitative estimate of drug-likeness (QED) is 0.214. The van der Waals surface area contributed by atoms with Gasteiger partial charge in [-0.05, 0) is 48.9 Å². The number of benzene rings is 3. The number of hydrogen-bond donors (Lipinski definition) is 3. The molecule has 0 fully saturated rings. The van der Waals surface area contributed by atoms with Gasteiger partial charge >= 0.3 is 11.8 Å². The second kappa shape index (κ2) is 13.1. The van der Waals surface area contributed by atoms with Gasteiger partial charge in [-0.1, -0.05) is 53.5 Å². The molecule has 3 aromatic rings. The fourth-order valence-corrected chi connectivity index (χ4v) is 3.21. The Bertz CT molecular complexity index is 1280. The molecule has 0 bridgehead atoms. The predicted octanol–water partition coefficient (Wildman–Crippen LogP) is 4.50. The van der Waals surface area contributed by atoms with Crippen molar-refractivity contribution in [1.82, 2.24) is 5.43 Å². The molecule has 0 spiro atoms. The summed E-state index contributed by atoms with van der Waals surface area (Å²) in [5.41, 5.74) is 3.47. The van der Waals surface area contributed by atoms with Gasteiger partial charge in [0.1, 0.15) is 11.5 Å². The topological polar surface area (TPSA) is 118 Å². The van der Waals surface area contributed by atoms with E-state index in [0.717, 1.165) is 0 Å². The smallest absolute Gasteiger partial charge is 0.329 e. The molecule has 3 amide bonds. The summed E-state index contributed by atoms with van der Waals surface area (Å²) < 4.78 is 10.9. The lowest BCUT2D eigenvalue weighted by atomic mass is 10.2. The number of hydrazone groups is 1. The van der Waals surface area contributed by atoms with E-state index in [1.165, 1.54) is 6.21 Å². The first kappa shape index (κ1) is 26.5. The Balaban J connectivity index is 1.50. The normalized spacial score (nSPS) is 10.5. The Morgan fingerprint density at radius 2 is 1.64 bits per heavy atom. The third-order valence-corrected chi connectivity index (χ3v) is 5.29. The zero-order chi connectivity index (χ0) is 25.9. The van der Waals surface area contributed by atoms with Crippen LogP contribution in [0.3, 0.4) is 0 Å². The monoisotopic (exact) mass is 528 g/mol. The minimum atomic E-state index is -0.957. The maximum Gasteiger partial charge on any atom is 0.329 e. The fraction of sp³-hybridized carbons (Fsp3) is 0.120. The molecule has 3 aromatic carbocycles. The molecule has 0 saturated carbocycles. The third kappa shape index (κ3) is 7.72. The molecule has 3 rings (SSSR count). The molecule has 0 aliphatic rings. The summed E-state index contributed by atoms with van der Waals surface area (Å²) >= 11 is 12.0. The van der Waals surface area contributed by atoms with Gasteiger partial charge in [0, 0.05) is 0 Å². The van der Waals surface area contributed by atoms with E-state index < -0.39 is 17.7 Å². The lowest BCUT2D eigenvalue weighted by Crippen LogP contribution is -2.32. The first-order chi connectivity index (χ1) is 17.4. The number of ether oxygens (including phenoxy) is 2. The molecule has 0 aliphatic carbocycles. The van der Waals surface area contributed by atoms with Gasteiger partial charge < -0.3 is 20.1 Å². The van der Waals surface area contributed by atoms with Crippen LogP contribution < -0.4 is 25.5 Å². The standard InChI is InChI=1S/C25H22Cl2N4O5/c1-2-35-21-12-4-3-10-19(21)30-24(33)25(34)31-28-14-16-7-5-8-17(13-16)36-15-22(32)29-20-11-6-9-18(26)23(20)27/h3-14H,2,15H2,1H3,(H,29,32)(H,30,33)(H,31,34)/b28-14-. The van der Waals surface area contributed by atoms with Gasteiger partial charge in [-0.25, -0.2) is 5.43 Å². The number of carbonyl (C=O) groups excluding carboxylic acids is 3. The molecule has 0 aromatic heterocycles. The van der Waals surface area contributed by atoms with Gasteiger partial charge in [0.05, 0.1) is 34.2 Å². The lowest BCUT2D eigenvalue weighted by Gasteiger charge is -2.10. The van der Waals surface area contributed by atoms with Crippen LogP contribution in [0.15, 0.2) is 71.8 Å². The highest BCUT2D eigenvalue weighted by Gasteiger charge is 2.15. The molecule has 3 N–H and O–H groups in total. The number of hydrogen-bond acceptors (Lipinski definition) is 6. The molecular formula is C25H22Cl2N4O5. The van der Waals surface area contributed by atoms with E-state index >= 15 is 0 Å². The summed E-state index contributed by atoms with van der Waals surface area (Å²) in [6.45, 7) is 1.95. The minimum Gasteiger partial charge on any atom is -0.492 e. The number of halogens is 2. The van der Waals surface area contributed by atoms with E-state index in [1.807, 2.05) is 6.92 Å². The zero-order valence-electron chi connectivity index (χ0n) is 19.1. The van der Waals surface area contributed by atoms with Crippen molar-refractivity contribution in [2.75, 3.05) is 23.8 Å². The molecular weight excluding hydrogens is 507 g/mol. The van der Waals surface area contributed by atoms with Gasteiger partial charge in [0.25, 0.3) is 5.91 Å². The molecule has 9 nitrogen and oxygen atoms in total. The van der Waals surface area contributed by atoms with Gasteiger partial charge in [-0.2, -0.15) is 5.10 Å². The second-order valence-electron chi connectivity index (χ2n) is 7.09. The molecule has 11 heteroatoms. The van der Waals surface area contributed by atoms with Gasteiger partial charge in [0.15, 0.2) is 6.61 Å². The highest BCUT2D eigenvalue weighted by Crippen LogP contribution is 2.29. The summed E-state index contributed by atoms with van der Waals surface area (Å²) in [5.74, 6) is -1.44. The van der Waals surface area contributed by atoms with Crippen LogP contribution in [0.4, 0.5) is 11.4 Å². The van der Waals surface area contributed by atoms with Crippen molar-refractivity contribution < 1.29 is 23.9 Å². The lowest BCUT2D eigenvalue weighted by molar-refractivity contribution is -0.136. The SMILES string of the molecule is CCOc1ccccc1NC(=O)C(=O)N/N=C\c1cccc(OCC(=O)Nc2cccc(Cl)c2Cl)c1. The highest BCUT2D eigenvalue weighted by atomic mass is 35.5. The zero-order valence-corrected chi connectivity index (χ0v) is 20.6. The van der Waals surface area contributed by atoms with E-state index in [-0.39, 0.29) is 11.6 Å². The maximum atomic E-state index is 12.2. The van der Waals surface area contributed by atoms with E-state index in [9.17, 15) is 14.4 Å². The van der Waals surface area contributed by atoms with Crippen LogP contribution in [-0.4, -0.2) is 37.1 Å². The van der Waals surface area contributed by atoms with Crippen molar-refractivity contribution >= 4 is 58.5 Å². The van der Waals surface area contributed by atoms with Gasteiger partial charge in [0.2, 0.25) is 0 Å². The molecule has 0 radical (unpaired) electrons. The third-order valence-electron chi connectivity index (χ3n) is 4.47. The molecule has 0 atom stereocenters. The summed E-state index contributed by atoms with van der Waals surface area (Å²) in [5, 5.41) is 9.45.